The standard InChI is InChI=1S/C34H21F9O2/c1-2-3-16-44-25-12-7-21(8-13-25)4-5-22-9-15-27(29(36)17-22)34(42,43)45-26-14-11-24(28(35)20-26)10-6-23-18-30(37)32(31(38)19-23)33(39,40)41/h7-9,11-15,17-20H,2-3,16H2,1H3. The lowest BCUT2D eigenvalue weighted by Crippen LogP contribution is -2.23. The van der Waals surface area contributed by atoms with Gasteiger partial charge in [0.2, 0.25) is 0 Å². The van der Waals surface area contributed by atoms with Gasteiger partial charge in [-0.2, -0.15) is 22.0 Å². The van der Waals surface area contributed by atoms with Gasteiger partial charge in [-0.15, -0.1) is 0 Å². The van der Waals surface area contributed by atoms with Crippen molar-refractivity contribution >= 4 is 0 Å². The van der Waals surface area contributed by atoms with E-state index in [-0.39, 0.29) is 5.56 Å². The molecular formula is C34H21F9O2. The number of hydrogen-bond donors (Lipinski definition) is 0. The van der Waals surface area contributed by atoms with Gasteiger partial charge in [0.25, 0.3) is 0 Å². The summed E-state index contributed by atoms with van der Waals surface area (Å²) in [6.45, 7) is 2.62. The maximum Gasteiger partial charge on any atom is 0.429 e. The molecule has 0 unspecified atom stereocenters. The van der Waals surface area contributed by atoms with Crippen LogP contribution in [-0.4, -0.2) is 6.61 Å². The molecule has 0 amide bonds. The van der Waals surface area contributed by atoms with Gasteiger partial charge in [-0.05, 0) is 73.2 Å². The van der Waals surface area contributed by atoms with Gasteiger partial charge in [-0.1, -0.05) is 37.0 Å². The molecule has 4 rings (SSSR count). The SMILES string of the molecule is CCCCOc1ccc(C#Cc2ccc(C(F)(F)Oc3ccc(C#Cc4cc(F)c(C(F)(F)F)c(F)c4)c(F)c3)c(F)c2)cc1. The molecule has 0 fully saturated rings. The van der Waals surface area contributed by atoms with Crippen LogP contribution in [0.5, 0.6) is 11.5 Å². The molecule has 0 heterocycles. The van der Waals surface area contributed by atoms with E-state index in [2.05, 4.69) is 28.4 Å². The maximum absolute atomic E-state index is 14.8. The van der Waals surface area contributed by atoms with Gasteiger partial charge in [0, 0.05) is 22.8 Å². The Labute approximate surface area is 252 Å². The first-order valence-corrected chi connectivity index (χ1v) is 13.3. The fourth-order valence-electron chi connectivity index (χ4n) is 3.86. The van der Waals surface area contributed by atoms with Crippen molar-refractivity contribution in [3.63, 3.8) is 0 Å². The quantitative estimate of drug-likeness (QED) is 0.115. The number of ether oxygens (including phenoxy) is 2. The second-order valence-electron chi connectivity index (χ2n) is 9.49. The lowest BCUT2D eigenvalue weighted by molar-refractivity contribution is -0.187. The molecule has 11 heteroatoms. The number of rotatable bonds is 7. The minimum atomic E-state index is -5.28. The Bertz CT molecular complexity index is 1780. The summed E-state index contributed by atoms with van der Waals surface area (Å²) in [7, 11) is 0. The second-order valence-corrected chi connectivity index (χ2v) is 9.49. The van der Waals surface area contributed by atoms with E-state index < -0.39 is 63.6 Å². The van der Waals surface area contributed by atoms with Gasteiger partial charge in [0.1, 0.15) is 45.9 Å². The van der Waals surface area contributed by atoms with Crippen molar-refractivity contribution in [1.29, 1.82) is 0 Å². The average Bonchev–Trinajstić information content (AvgIpc) is 2.95. The minimum Gasteiger partial charge on any atom is -0.494 e. The fraction of sp³-hybridized carbons (Fsp3) is 0.176. The molecule has 232 valence electrons. The topological polar surface area (TPSA) is 18.5 Å². The molecule has 0 saturated carbocycles. The molecule has 4 aromatic rings. The molecule has 2 nitrogen and oxygen atoms in total. The first-order valence-electron chi connectivity index (χ1n) is 13.3. The third-order valence-corrected chi connectivity index (χ3v) is 6.11. The summed E-state index contributed by atoms with van der Waals surface area (Å²) >= 11 is 0. The Morgan fingerprint density at radius 3 is 1.78 bits per heavy atom. The van der Waals surface area contributed by atoms with Crippen LogP contribution in [0.3, 0.4) is 0 Å². The smallest absolute Gasteiger partial charge is 0.429 e. The van der Waals surface area contributed by atoms with Crippen LogP contribution in [0.1, 0.15) is 53.1 Å². The molecule has 4 aromatic carbocycles. The van der Waals surface area contributed by atoms with E-state index in [1.165, 1.54) is 0 Å². The number of hydrogen-bond acceptors (Lipinski definition) is 2. The Morgan fingerprint density at radius 1 is 0.600 bits per heavy atom. The second kappa shape index (κ2) is 13.7. The summed E-state index contributed by atoms with van der Waals surface area (Å²) in [5.41, 5.74) is -3.52. The lowest BCUT2D eigenvalue weighted by Gasteiger charge is -2.19. The highest BCUT2D eigenvalue weighted by Crippen LogP contribution is 2.35. The summed E-state index contributed by atoms with van der Waals surface area (Å²) in [6, 6.07) is 12.5. The monoisotopic (exact) mass is 632 g/mol. The molecule has 0 spiro atoms. The fourth-order valence-corrected chi connectivity index (χ4v) is 3.86. The molecular weight excluding hydrogens is 611 g/mol. The van der Waals surface area contributed by atoms with Crippen molar-refractivity contribution in [2.24, 2.45) is 0 Å². The van der Waals surface area contributed by atoms with Crippen molar-refractivity contribution < 1.29 is 49.0 Å². The predicted octanol–water partition coefficient (Wildman–Crippen LogP) is 9.37. The molecule has 0 aliphatic heterocycles. The van der Waals surface area contributed by atoms with Crippen LogP contribution in [0.25, 0.3) is 0 Å². The predicted molar refractivity (Wildman–Crippen MR) is 147 cm³/mol. The Morgan fingerprint density at radius 2 is 1.18 bits per heavy atom. The summed E-state index contributed by atoms with van der Waals surface area (Å²) in [5.74, 6) is 3.35. The summed E-state index contributed by atoms with van der Waals surface area (Å²) < 4.78 is 135. The summed E-state index contributed by atoms with van der Waals surface area (Å²) in [6.07, 6.45) is -7.61. The average molecular weight is 633 g/mol. The molecule has 0 aliphatic rings. The molecule has 0 radical (unpaired) electrons. The van der Waals surface area contributed by atoms with Gasteiger partial charge in [-0.3, -0.25) is 0 Å². The molecule has 0 N–H and O–H groups in total. The molecule has 0 atom stereocenters. The first-order chi connectivity index (χ1) is 21.3. The van der Waals surface area contributed by atoms with Crippen molar-refractivity contribution in [3.05, 3.63) is 129 Å². The maximum atomic E-state index is 14.8. The van der Waals surface area contributed by atoms with Gasteiger partial charge in [0.15, 0.2) is 0 Å². The van der Waals surface area contributed by atoms with Crippen molar-refractivity contribution in [1.82, 2.24) is 0 Å². The molecule has 45 heavy (non-hydrogen) atoms. The Kier molecular flexibility index (Phi) is 10.0. The third-order valence-electron chi connectivity index (χ3n) is 6.11. The van der Waals surface area contributed by atoms with E-state index in [0.717, 1.165) is 43.2 Å². The van der Waals surface area contributed by atoms with E-state index in [4.69, 9.17) is 4.74 Å². The zero-order valence-corrected chi connectivity index (χ0v) is 23.3. The van der Waals surface area contributed by atoms with Crippen LogP contribution < -0.4 is 9.47 Å². The van der Waals surface area contributed by atoms with E-state index >= 15 is 0 Å². The summed E-state index contributed by atoms with van der Waals surface area (Å²) in [4.78, 5) is 0. The zero-order chi connectivity index (χ0) is 32.8. The van der Waals surface area contributed by atoms with Crippen molar-refractivity contribution in [2.45, 2.75) is 32.1 Å². The van der Waals surface area contributed by atoms with Crippen LogP contribution in [0, 0.1) is 47.0 Å². The largest absolute Gasteiger partial charge is 0.494 e. The van der Waals surface area contributed by atoms with Crippen LogP contribution in [-0.2, 0) is 12.3 Å². The van der Waals surface area contributed by atoms with E-state index in [1.807, 2.05) is 6.92 Å². The molecule has 0 aliphatic carbocycles. The van der Waals surface area contributed by atoms with Crippen LogP contribution in [0.15, 0.2) is 72.8 Å². The zero-order valence-electron chi connectivity index (χ0n) is 23.3. The van der Waals surface area contributed by atoms with E-state index in [1.54, 1.807) is 24.3 Å². The van der Waals surface area contributed by atoms with Crippen LogP contribution >= 0.6 is 0 Å². The van der Waals surface area contributed by atoms with Crippen molar-refractivity contribution in [2.75, 3.05) is 6.61 Å². The van der Waals surface area contributed by atoms with E-state index in [9.17, 15) is 39.5 Å². The molecule has 0 aromatic heterocycles. The van der Waals surface area contributed by atoms with Gasteiger partial charge in [-0.25, -0.2) is 17.6 Å². The van der Waals surface area contributed by atoms with E-state index in [0.29, 0.717) is 36.1 Å². The summed E-state index contributed by atoms with van der Waals surface area (Å²) in [5, 5.41) is 0. The number of alkyl halides is 5. The number of halogens is 9. The molecule has 0 saturated heterocycles. The third kappa shape index (κ3) is 8.54. The lowest BCUT2D eigenvalue weighted by atomic mass is 10.1. The number of unbranched alkanes of at least 4 members (excludes halogenated alkanes) is 1. The van der Waals surface area contributed by atoms with Crippen LogP contribution in [0.4, 0.5) is 39.5 Å². The van der Waals surface area contributed by atoms with Gasteiger partial charge < -0.3 is 9.47 Å². The highest BCUT2D eigenvalue weighted by Gasteiger charge is 2.38. The van der Waals surface area contributed by atoms with Crippen LogP contribution in [0.2, 0.25) is 0 Å². The highest BCUT2D eigenvalue weighted by molar-refractivity contribution is 5.48. The highest BCUT2D eigenvalue weighted by atomic mass is 19.4. The molecule has 0 bridgehead atoms. The first kappa shape index (κ1) is 32.9. The number of benzene rings is 4. The van der Waals surface area contributed by atoms with Gasteiger partial charge >= 0.3 is 12.3 Å². The van der Waals surface area contributed by atoms with Gasteiger partial charge in [0.05, 0.1) is 12.2 Å². The Balaban J connectivity index is 1.45. The minimum absolute atomic E-state index is 0.108. The van der Waals surface area contributed by atoms with Crippen molar-refractivity contribution in [3.8, 4) is 35.2 Å². The Hall–Kier alpha value is -5.03. The normalized spacial score (nSPS) is 11.2.